The van der Waals surface area contributed by atoms with E-state index in [9.17, 15) is 9.59 Å². The third-order valence-corrected chi connectivity index (χ3v) is 5.04. The number of carbonyl (C=O) groups excluding carboxylic acids is 1. The molecule has 0 spiro atoms. The van der Waals surface area contributed by atoms with Crippen molar-refractivity contribution in [1.82, 2.24) is 4.90 Å². The van der Waals surface area contributed by atoms with Crippen LogP contribution in [0.5, 0.6) is 0 Å². The Hall–Kier alpha value is -2.36. The van der Waals surface area contributed by atoms with Crippen LogP contribution in [0, 0.1) is 11.8 Å². The Labute approximate surface area is 142 Å². The lowest BCUT2D eigenvalue weighted by Crippen LogP contribution is -2.35. The van der Waals surface area contributed by atoms with Crippen LogP contribution in [-0.4, -0.2) is 28.9 Å². The van der Waals surface area contributed by atoms with Gasteiger partial charge in [-0.2, -0.15) is 0 Å². The van der Waals surface area contributed by atoms with Gasteiger partial charge in [-0.3, -0.25) is 9.59 Å². The van der Waals surface area contributed by atoms with Gasteiger partial charge < -0.3 is 10.0 Å². The van der Waals surface area contributed by atoms with E-state index in [0.717, 1.165) is 5.56 Å². The number of carbonyl (C=O) groups is 2. The van der Waals surface area contributed by atoms with E-state index in [1.807, 2.05) is 19.2 Å². The van der Waals surface area contributed by atoms with E-state index in [1.165, 1.54) is 10.8 Å². The smallest absolute Gasteiger partial charge is 0.306 e. The molecule has 4 nitrogen and oxygen atoms in total. The predicted octanol–water partition coefficient (Wildman–Crippen LogP) is 3.69. The van der Waals surface area contributed by atoms with Gasteiger partial charge in [0.2, 0.25) is 5.91 Å². The van der Waals surface area contributed by atoms with Gasteiger partial charge in [-0.15, -0.1) is 0 Å². The number of amides is 1. The van der Waals surface area contributed by atoms with E-state index in [2.05, 4.69) is 30.3 Å². The van der Waals surface area contributed by atoms with Crippen LogP contribution in [-0.2, 0) is 16.1 Å². The van der Waals surface area contributed by atoms with Crippen molar-refractivity contribution in [2.24, 2.45) is 11.8 Å². The molecular weight excluding hydrogens is 302 g/mol. The van der Waals surface area contributed by atoms with Crippen LogP contribution in [0.2, 0.25) is 0 Å². The lowest BCUT2D eigenvalue weighted by Gasteiger charge is -2.29. The summed E-state index contributed by atoms with van der Waals surface area (Å²) in [6.45, 7) is 0.586. The van der Waals surface area contributed by atoms with Crippen molar-refractivity contribution in [1.29, 1.82) is 0 Å². The summed E-state index contributed by atoms with van der Waals surface area (Å²) in [6, 6.07) is 14.5. The molecule has 1 aliphatic rings. The summed E-state index contributed by atoms with van der Waals surface area (Å²) in [5.74, 6) is -0.914. The van der Waals surface area contributed by atoms with Gasteiger partial charge in [0.05, 0.1) is 5.92 Å². The largest absolute Gasteiger partial charge is 0.481 e. The summed E-state index contributed by atoms with van der Waals surface area (Å²) < 4.78 is 0. The summed E-state index contributed by atoms with van der Waals surface area (Å²) >= 11 is 0. The summed E-state index contributed by atoms with van der Waals surface area (Å²) in [5.41, 5.74) is 1.11. The van der Waals surface area contributed by atoms with Gasteiger partial charge in [0.1, 0.15) is 0 Å². The van der Waals surface area contributed by atoms with Crippen molar-refractivity contribution in [2.45, 2.75) is 32.2 Å². The number of nitrogens with zero attached hydrogens (tertiary/aromatic N) is 1. The monoisotopic (exact) mass is 325 g/mol. The molecule has 4 heteroatoms. The minimum absolute atomic E-state index is 0.0361. The Bertz CT molecular complexity index is 747. The first kappa shape index (κ1) is 16.5. The van der Waals surface area contributed by atoms with Gasteiger partial charge in [-0.1, -0.05) is 36.4 Å². The van der Waals surface area contributed by atoms with Crippen molar-refractivity contribution < 1.29 is 14.7 Å². The van der Waals surface area contributed by atoms with E-state index in [1.54, 1.807) is 4.90 Å². The molecule has 0 saturated heterocycles. The molecule has 1 N–H and O–H groups in total. The zero-order chi connectivity index (χ0) is 17.1. The Kier molecular flexibility index (Phi) is 4.84. The second kappa shape index (κ2) is 7.04. The maximum absolute atomic E-state index is 12.6. The first-order chi connectivity index (χ1) is 11.5. The highest BCUT2D eigenvalue weighted by Gasteiger charge is 2.31. The second-order valence-corrected chi connectivity index (χ2v) is 6.76. The molecule has 126 valence electrons. The van der Waals surface area contributed by atoms with Gasteiger partial charge in [0.25, 0.3) is 0 Å². The molecule has 0 bridgehead atoms. The minimum Gasteiger partial charge on any atom is -0.481 e. The van der Waals surface area contributed by atoms with Crippen LogP contribution < -0.4 is 0 Å². The van der Waals surface area contributed by atoms with E-state index in [4.69, 9.17) is 5.11 Å². The summed E-state index contributed by atoms with van der Waals surface area (Å²) in [4.78, 5) is 25.4. The topological polar surface area (TPSA) is 57.6 Å². The molecule has 0 aromatic heterocycles. The number of carboxylic acid groups (broad SMARTS) is 1. The van der Waals surface area contributed by atoms with Crippen LogP contribution in [0.15, 0.2) is 42.5 Å². The highest BCUT2D eigenvalue weighted by Crippen LogP contribution is 2.30. The Balaban J connectivity index is 1.62. The average Bonchev–Trinajstić information content (AvgIpc) is 2.61. The first-order valence-electron chi connectivity index (χ1n) is 8.50. The quantitative estimate of drug-likeness (QED) is 0.932. The third-order valence-electron chi connectivity index (χ3n) is 5.04. The second-order valence-electron chi connectivity index (χ2n) is 6.76. The Morgan fingerprint density at radius 2 is 1.62 bits per heavy atom. The fraction of sp³-hybridized carbons (Fsp3) is 0.400. The van der Waals surface area contributed by atoms with Gasteiger partial charge >= 0.3 is 5.97 Å². The first-order valence-corrected chi connectivity index (χ1v) is 8.50. The molecule has 0 radical (unpaired) electrons. The van der Waals surface area contributed by atoms with Gasteiger partial charge in [-0.25, -0.2) is 0 Å². The zero-order valence-corrected chi connectivity index (χ0v) is 13.9. The van der Waals surface area contributed by atoms with Crippen LogP contribution in [0.25, 0.3) is 10.8 Å². The minimum atomic E-state index is -0.731. The fourth-order valence-electron chi connectivity index (χ4n) is 3.59. The van der Waals surface area contributed by atoms with E-state index in [0.29, 0.717) is 32.2 Å². The van der Waals surface area contributed by atoms with Gasteiger partial charge in [0, 0.05) is 19.5 Å². The van der Waals surface area contributed by atoms with E-state index < -0.39 is 5.97 Å². The third kappa shape index (κ3) is 3.58. The highest BCUT2D eigenvalue weighted by atomic mass is 16.4. The molecule has 1 amide bonds. The predicted molar refractivity (Wildman–Crippen MR) is 93.5 cm³/mol. The molecule has 1 fully saturated rings. The molecule has 24 heavy (non-hydrogen) atoms. The normalized spacial score (nSPS) is 20.7. The van der Waals surface area contributed by atoms with Crippen molar-refractivity contribution >= 4 is 22.6 Å². The highest BCUT2D eigenvalue weighted by molar-refractivity contribution is 5.83. The lowest BCUT2D eigenvalue weighted by atomic mass is 9.81. The van der Waals surface area contributed by atoms with Crippen LogP contribution in [0.3, 0.4) is 0 Å². The molecule has 0 aliphatic heterocycles. The standard InChI is InChI=1S/C20H23NO3/c1-21(19(22)16-8-10-17(11-9-16)20(23)24)13-14-6-7-15-4-2-3-5-18(15)12-14/h2-7,12,16-17H,8-11,13H2,1H3,(H,23,24). The Morgan fingerprint density at radius 3 is 2.29 bits per heavy atom. The number of benzene rings is 2. The summed E-state index contributed by atoms with van der Waals surface area (Å²) in [7, 11) is 1.83. The molecule has 1 saturated carbocycles. The molecule has 1 aliphatic carbocycles. The molecular formula is C20H23NO3. The molecule has 2 aromatic rings. The zero-order valence-electron chi connectivity index (χ0n) is 13.9. The number of carboxylic acids is 1. The van der Waals surface area contributed by atoms with Gasteiger partial charge in [-0.05, 0) is 48.1 Å². The lowest BCUT2D eigenvalue weighted by molar-refractivity contribution is -0.145. The number of fused-ring (bicyclic) bond motifs is 1. The number of hydrogen-bond donors (Lipinski definition) is 1. The van der Waals surface area contributed by atoms with Crippen LogP contribution >= 0.6 is 0 Å². The van der Waals surface area contributed by atoms with Crippen molar-refractivity contribution in [3.05, 3.63) is 48.0 Å². The Morgan fingerprint density at radius 1 is 1.00 bits per heavy atom. The van der Waals surface area contributed by atoms with E-state index >= 15 is 0 Å². The SMILES string of the molecule is CN(Cc1ccc2ccccc2c1)C(=O)C1CCC(C(=O)O)CC1. The van der Waals surface area contributed by atoms with Crippen LogP contribution in [0.1, 0.15) is 31.2 Å². The summed E-state index contributed by atoms with van der Waals surface area (Å²) in [5, 5.41) is 11.4. The maximum Gasteiger partial charge on any atom is 0.306 e. The van der Waals surface area contributed by atoms with Crippen LogP contribution in [0.4, 0.5) is 0 Å². The van der Waals surface area contributed by atoms with Crippen molar-refractivity contribution in [2.75, 3.05) is 7.05 Å². The fourth-order valence-corrected chi connectivity index (χ4v) is 3.59. The number of aliphatic carboxylic acids is 1. The molecule has 3 rings (SSSR count). The van der Waals surface area contributed by atoms with Gasteiger partial charge in [0.15, 0.2) is 0 Å². The average molecular weight is 325 g/mol. The number of hydrogen-bond acceptors (Lipinski definition) is 2. The molecule has 0 unspecified atom stereocenters. The molecule has 2 aromatic carbocycles. The number of rotatable bonds is 4. The van der Waals surface area contributed by atoms with Crippen molar-refractivity contribution in [3.63, 3.8) is 0 Å². The summed E-state index contributed by atoms with van der Waals surface area (Å²) in [6.07, 6.45) is 2.57. The maximum atomic E-state index is 12.6. The molecule has 0 heterocycles. The molecule has 0 atom stereocenters. The van der Waals surface area contributed by atoms with E-state index in [-0.39, 0.29) is 17.7 Å². The van der Waals surface area contributed by atoms with Crippen molar-refractivity contribution in [3.8, 4) is 0 Å².